The van der Waals surface area contributed by atoms with Gasteiger partial charge in [-0.3, -0.25) is 10.1 Å². The van der Waals surface area contributed by atoms with E-state index in [0.717, 1.165) is 5.01 Å². The fraction of sp³-hybridized carbons (Fsp3) is 0.143. The summed E-state index contributed by atoms with van der Waals surface area (Å²) in [5.74, 6) is -0.289. The molecule has 0 radical (unpaired) electrons. The van der Waals surface area contributed by atoms with Crippen molar-refractivity contribution in [2.45, 2.75) is 6.54 Å². The molecule has 0 unspecified atom stereocenters. The van der Waals surface area contributed by atoms with Crippen molar-refractivity contribution in [3.63, 3.8) is 0 Å². The lowest BCUT2D eigenvalue weighted by molar-refractivity contribution is 0.102. The number of amides is 1. The second-order valence-corrected chi connectivity index (χ2v) is 4.30. The first-order valence-electron chi connectivity index (χ1n) is 4.01. The smallest absolute Gasteiger partial charge is 0.276 e. The van der Waals surface area contributed by atoms with Gasteiger partial charge in [0.15, 0.2) is 0 Å². The van der Waals surface area contributed by atoms with Crippen LogP contribution in [0.4, 0.5) is 5.13 Å². The van der Waals surface area contributed by atoms with Crippen LogP contribution in [0.5, 0.6) is 0 Å². The van der Waals surface area contributed by atoms with E-state index in [1.165, 1.54) is 22.7 Å². The van der Waals surface area contributed by atoms with Gasteiger partial charge in [-0.25, -0.2) is 4.98 Å². The topological polar surface area (TPSA) is 93.8 Å². The van der Waals surface area contributed by atoms with Crippen molar-refractivity contribution in [3.05, 3.63) is 21.6 Å². The third kappa shape index (κ3) is 2.35. The lowest BCUT2D eigenvalue weighted by Gasteiger charge is -1.95. The summed E-state index contributed by atoms with van der Waals surface area (Å²) in [4.78, 5) is 15.6. The van der Waals surface area contributed by atoms with Crippen LogP contribution in [0.1, 0.15) is 15.5 Å². The number of rotatable bonds is 3. The zero-order valence-corrected chi connectivity index (χ0v) is 9.14. The van der Waals surface area contributed by atoms with Gasteiger partial charge >= 0.3 is 0 Å². The molecule has 8 heteroatoms. The zero-order valence-electron chi connectivity index (χ0n) is 7.51. The van der Waals surface area contributed by atoms with Gasteiger partial charge in [0.2, 0.25) is 5.13 Å². The molecule has 2 heterocycles. The number of hydrogen-bond acceptors (Lipinski definition) is 7. The van der Waals surface area contributed by atoms with Crippen molar-refractivity contribution in [1.29, 1.82) is 0 Å². The molecule has 1 amide bonds. The van der Waals surface area contributed by atoms with E-state index < -0.39 is 0 Å². The van der Waals surface area contributed by atoms with Gasteiger partial charge in [0.25, 0.3) is 5.91 Å². The molecule has 15 heavy (non-hydrogen) atoms. The molecule has 2 aromatic rings. The van der Waals surface area contributed by atoms with E-state index in [9.17, 15) is 4.79 Å². The quantitative estimate of drug-likeness (QED) is 0.825. The number of thiazole rings is 1. The van der Waals surface area contributed by atoms with Crippen LogP contribution < -0.4 is 11.1 Å². The molecule has 0 fully saturated rings. The van der Waals surface area contributed by atoms with Crippen LogP contribution in [-0.2, 0) is 6.54 Å². The van der Waals surface area contributed by atoms with Crippen molar-refractivity contribution < 1.29 is 4.79 Å². The Morgan fingerprint density at radius 3 is 3.00 bits per heavy atom. The first kappa shape index (κ1) is 10.1. The Hall–Kier alpha value is -1.38. The van der Waals surface area contributed by atoms with Crippen LogP contribution >= 0.6 is 22.7 Å². The van der Waals surface area contributed by atoms with Gasteiger partial charge < -0.3 is 5.73 Å². The van der Waals surface area contributed by atoms with Crippen molar-refractivity contribution >= 4 is 33.7 Å². The summed E-state index contributed by atoms with van der Waals surface area (Å²) in [6.45, 7) is 0.344. The summed E-state index contributed by atoms with van der Waals surface area (Å²) < 4.78 is 0. The monoisotopic (exact) mass is 241 g/mol. The Morgan fingerprint density at radius 2 is 2.40 bits per heavy atom. The number of carbonyl (C=O) groups is 1. The van der Waals surface area contributed by atoms with Gasteiger partial charge in [-0.1, -0.05) is 11.3 Å². The molecule has 0 saturated carbocycles. The Bertz CT molecular complexity index is 452. The molecule has 0 atom stereocenters. The van der Waals surface area contributed by atoms with Crippen molar-refractivity contribution in [2.75, 3.05) is 5.32 Å². The standard InChI is InChI=1S/C7H7N5OS2/c8-1-5-10-4(2-14-5)6(13)11-7-12-9-3-15-7/h2-3H,1,8H2,(H,11,12,13). The first-order valence-corrected chi connectivity index (χ1v) is 5.77. The fourth-order valence-electron chi connectivity index (χ4n) is 0.898. The maximum absolute atomic E-state index is 11.6. The molecular formula is C7H7N5OS2. The Labute approximate surface area is 93.2 Å². The van der Waals surface area contributed by atoms with Gasteiger partial charge in [-0.2, -0.15) is 0 Å². The number of nitrogens with two attached hydrogens (primary N) is 1. The molecule has 6 nitrogen and oxygen atoms in total. The largest absolute Gasteiger partial charge is 0.325 e. The van der Waals surface area contributed by atoms with Crippen LogP contribution in [-0.4, -0.2) is 21.1 Å². The van der Waals surface area contributed by atoms with Crippen LogP contribution in [0.25, 0.3) is 0 Å². The van der Waals surface area contributed by atoms with E-state index in [1.54, 1.807) is 10.9 Å². The third-order valence-electron chi connectivity index (χ3n) is 1.54. The molecule has 0 saturated heterocycles. The van der Waals surface area contributed by atoms with E-state index in [1.807, 2.05) is 0 Å². The van der Waals surface area contributed by atoms with Gasteiger partial charge in [-0.15, -0.1) is 21.5 Å². The highest BCUT2D eigenvalue weighted by Crippen LogP contribution is 2.13. The summed E-state index contributed by atoms with van der Waals surface area (Å²) in [6, 6.07) is 0. The highest BCUT2D eigenvalue weighted by Gasteiger charge is 2.11. The number of hydrogen-bond donors (Lipinski definition) is 2. The van der Waals surface area contributed by atoms with E-state index in [-0.39, 0.29) is 5.91 Å². The number of nitrogens with one attached hydrogen (secondary N) is 1. The van der Waals surface area contributed by atoms with E-state index in [4.69, 9.17) is 5.73 Å². The fourth-order valence-corrected chi connectivity index (χ4v) is 1.99. The Kier molecular flexibility index (Phi) is 2.99. The molecule has 0 aliphatic carbocycles. The zero-order chi connectivity index (χ0) is 10.7. The highest BCUT2D eigenvalue weighted by atomic mass is 32.1. The molecule has 78 valence electrons. The van der Waals surface area contributed by atoms with Gasteiger partial charge in [0.1, 0.15) is 16.2 Å². The Balaban J connectivity index is 2.08. The average molecular weight is 241 g/mol. The predicted molar refractivity (Wildman–Crippen MR) is 57.9 cm³/mol. The maximum Gasteiger partial charge on any atom is 0.276 e. The minimum Gasteiger partial charge on any atom is -0.325 e. The third-order valence-corrected chi connectivity index (χ3v) is 3.02. The van der Waals surface area contributed by atoms with E-state index in [2.05, 4.69) is 20.5 Å². The number of anilines is 1. The summed E-state index contributed by atoms with van der Waals surface area (Å²) in [7, 11) is 0. The second-order valence-electron chi connectivity index (χ2n) is 2.53. The summed E-state index contributed by atoms with van der Waals surface area (Å²) >= 11 is 2.62. The van der Waals surface area contributed by atoms with E-state index >= 15 is 0 Å². The maximum atomic E-state index is 11.6. The second kappa shape index (κ2) is 4.43. The summed E-state index contributed by atoms with van der Waals surface area (Å²) in [6.07, 6.45) is 0. The average Bonchev–Trinajstić information content (AvgIpc) is 2.86. The molecule has 0 spiro atoms. The molecule has 0 aliphatic heterocycles. The Morgan fingerprint density at radius 1 is 1.53 bits per heavy atom. The summed E-state index contributed by atoms with van der Waals surface area (Å²) in [5.41, 5.74) is 7.30. The lowest BCUT2D eigenvalue weighted by Crippen LogP contribution is -2.12. The number of nitrogens with zero attached hydrogens (tertiary/aromatic N) is 3. The highest BCUT2D eigenvalue weighted by molar-refractivity contribution is 7.13. The molecule has 2 aromatic heterocycles. The first-order chi connectivity index (χ1) is 7.29. The molecule has 0 aromatic carbocycles. The normalized spacial score (nSPS) is 10.2. The van der Waals surface area contributed by atoms with Crippen LogP contribution in [0, 0.1) is 0 Å². The molecular weight excluding hydrogens is 234 g/mol. The van der Waals surface area contributed by atoms with Crippen LogP contribution in [0.2, 0.25) is 0 Å². The molecule has 3 N–H and O–H groups in total. The van der Waals surface area contributed by atoms with Crippen LogP contribution in [0.15, 0.2) is 10.9 Å². The lowest BCUT2D eigenvalue weighted by atomic mass is 10.4. The van der Waals surface area contributed by atoms with Crippen molar-refractivity contribution in [2.24, 2.45) is 5.73 Å². The van der Waals surface area contributed by atoms with Crippen molar-refractivity contribution in [1.82, 2.24) is 15.2 Å². The van der Waals surface area contributed by atoms with Gasteiger partial charge in [0, 0.05) is 11.9 Å². The molecule has 2 rings (SSSR count). The molecule has 0 bridgehead atoms. The summed E-state index contributed by atoms with van der Waals surface area (Å²) in [5, 5.41) is 12.7. The minimum atomic E-state index is -0.289. The minimum absolute atomic E-state index is 0.289. The van der Waals surface area contributed by atoms with Crippen LogP contribution in [0.3, 0.4) is 0 Å². The van der Waals surface area contributed by atoms with E-state index in [0.29, 0.717) is 17.4 Å². The van der Waals surface area contributed by atoms with Crippen molar-refractivity contribution in [3.8, 4) is 0 Å². The molecule has 0 aliphatic rings. The number of carbonyl (C=O) groups excluding carboxylic acids is 1. The van der Waals surface area contributed by atoms with Gasteiger partial charge in [0.05, 0.1) is 0 Å². The SMILES string of the molecule is NCc1nc(C(=O)Nc2nncs2)cs1. The van der Waals surface area contributed by atoms with Gasteiger partial charge in [-0.05, 0) is 0 Å². The predicted octanol–water partition coefficient (Wildman–Crippen LogP) is 0.706. The number of aromatic nitrogens is 3.